The van der Waals surface area contributed by atoms with E-state index in [2.05, 4.69) is 10.3 Å². The number of halogens is 3. The normalized spacial score (nSPS) is 12.6. The zero-order valence-electron chi connectivity index (χ0n) is 20.3. The topological polar surface area (TPSA) is 96.1 Å². The monoisotopic (exact) mass is 536 g/mol. The van der Waals surface area contributed by atoms with E-state index in [0.717, 1.165) is 18.4 Å². The molecule has 0 aliphatic heterocycles. The summed E-state index contributed by atoms with van der Waals surface area (Å²) >= 11 is 6.07. The number of Topliss-reactive ketones (excluding diaryl/α,β-unsaturated/α-hetero) is 1. The van der Waals surface area contributed by atoms with Gasteiger partial charge in [-0.05, 0) is 42.3 Å². The number of aromatic amines is 1. The molecule has 3 aromatic rings. The summed E-state index contributed by atoms with van der Waals surface area (Å²) in [6.45, 7) is 4.60. The number of amides is 1. The molecule has 10 heteroatoms. The van der Waals surface area contributed by atoms with Gasteiger partial charge in [-0.15, -0.1) is 0 Å². The molecule has 0 aliphatic carbocycles. The number of carbonyl (C=O) groups is 2. The molecule has 0 spiro atoms. The molecule has 2 aromatic carbocycles. The summed E-state index contributed by atoms with van der Waals surface area (Å²) in [4.78, 5) is 28.9. The number of sulfone groups is 1. The van der Waals surface area contributed by atoms with Crippen molar-refractivity contribution in [3.05, 3.63) is 81.6 Å². The van der Waals surface area contributed by atoms with Gasteiger partial charge in [0, 0.05) is 47.0 Å². The number of rotatable bonds is 9. The van der Waals surface area contributed by atoms with Gasteiger partial charge < -0.3 is 10.3 Å². The first-order valence-electron chi connectivity index (χ1n) is 11.2. The van der Waals surface area contributed by atoms with Gasteiger partial charge in [-0.1, -0.05) is 37.6 Å². The van der Waals surface area contributed by atoms with Crippen LogP contribution in [-0.2, 0) is 9.84 Å². The summed E-state index contributed by atoms with van der Waals surface area (Å²) in [6.07, 6.45) is 2.37. The van der Waals surface area contributed by atoms with E-state index in [0.29, 0.717) is 10.6 Å². The molecular weight excluding hydrogens is 510 g/mol. The van der Waals surface area contributed by atoms with Crippen LogP contribution in [0.5, 0.6) is 0 Å². The van der Waals surface area contributed by atoms with Crippen LogP contribution in [0.1, 0.15) is 51.7 Å². The van der Waals surface area contributed by atoms with Crippen molar-refractivity contribution in [3.63, 3.8) is 0 Å². The molecule has 1 atom stereocenters. The Labute approximate surface area is 214 Å². The van der Waals surface area contributed by atoms with E-state index in [9.17, 15) is 26.8 Å². The molecule has 0 saturated carbocycles. The molecule has 1 amide bonds. The number of H-pyrrole nitrogens is 1. The van der Waals surface area contributed by atoms with Crippen molar-refractivity contribution in [1.29, 1.82) is 0 Å². The number of ketones is 1. The maximum Gasteiger partial charge on any atom is 0.253 e. The van der Waals surface area contributed by atoms with Gasteiger partial charge in [0.25, 0.3) is 5.91 Å². The third-order valence-electron chi connectivity index (χ3n) is 5.83. The molecule has 2 N–H and O–H groups in total. The maximum absolute atomic E-state index is 14.9. The number of aromatic nitrogens is 1. The highest BCUT2D eigenvalue weighted by Crippen LogP contribution is 2.35. The summed E-state index contributed by atoms with van der Waals surface area (Å²) in [6, 6.07) is 8.58. The van der Waals surface area contributed by atoms with Gasteiger partial charge in [-0.2, -0.15) is 0 Å². The molecule has 0 fully saturated rings. The van der Waals surface area contributed by atoms with Crippen molar-refractivity contribution in [1.82, 2.24) is 10.3 Å². The van der Waals surface area contributed by atoms with E-state index in [4.69, 9.17) is 11.6 Å². The summed E-state index contributed by atoms with van der Waals surface area (Å²) in [5.41, 5.74) is 0.276. The predicted molar refractivity (Wildman–Crippen MR) is 136 cm³/mol. The zero-order valence-corrected chi connectivity index (χ0v) is 21.9. The van der Waals surface area contributed by atoms with Gasteiger partial charge in [0.05, 0.1) is 17.0 Å². The number of nitrogens with one attached hydrogen (secondary N) is 2. The maximum atomic E-state index is 14.9. The Morgan fingerprint density at radius 3 is 2.36 bits per heavy atom. The molecule has 0 saturated heterocycles. The lowest BCUT2D eigenvalue weighted by Gasteiger charge is -2.18. The van der Waals surface area contributed by atoms with Gasteiger partial charge in [-0.3, -0.25) is 9.59 Å². The fraction of sp³-hybridized carbons (Fsp3) is 0.308. The first kappa shape index (κ1) is 27.5. The third-order valence-corrected chi connectivity index (χ3v) is 7.07. The van der Waals surface area contributed by atoms with E-state index in [-0.39, 0.29) is 46.0 Å². The third kappa shape index (κ3) is 6.20. The Morgan fingerprint density at radius 1 is 1.08 bits per heavy atom. The van der Waals surface area contributed by atoms with Crippen LogP contribution in [0, 0.1) is 24.5 Å². The van der Waals surface area contributed by atoms with Crippen LogP contribution in [0.3, 0.4) is 0 Å². The highest BCUT2D eigenvalue weighted by atomic mass is 35.5. The average Bonchev–Trinajstić information content (AvgIpc) is 3.22. The Hall–Kier alpha value is -3.04. The number of benzene rings is 2. The minimum atomic E-state index is -3.42. The van der Waals surface area contributed by atoms with Gasteiger partial charge in [-0.25, -0.2) is 17.2 Å². The van der Waals surface area contributed by atoms with E-state index >= 15 is 0 Å². The van der Waals surface area contributed by atoms with Gasteiger partial charge >= 0.3 is 0 Å². The van der Waals surface area contributed by atoms with Crippen molar-refractivity contribution >= 4 is 33.1 Å². The summed E-state index contributed by atoms with van der Waals surface area (Å²) < 4.78 is 53.4. The molecule has 1 aromatic heterocycles. The standard InChI is InChI=1S/C26H27ClF2N2O4S/c1-14(2)25(32)24-23(22-15(3)20(28)8-9-21(22)29)19(12-30-24)26(33)31-11-17(13-36(4,34)35)16-6-5-7-18(27)10-16/h5-10,12,14,17,30H,11,13H2,1-4H3,(H,31,33)/t17-/m0/s1. The Bertz CT molecular complexity index is 1420. The zero-order chi connectivity index (χ0) is 26.8. The lowest BCUT2D eigenvalue weighted by Crippen LogP contribution is -2.31. The molecule has 0 bridgehead atoms. The molecule has 0 aliphatic rings. The van der Waals surface area contributed by atoms with E-state index in [1.165, 1.54) is 13.1 Å². The molecule has 6 nitrogen and oxygen atoms in total. The highest BCUT2D eigenvalue weighted by molar-refractivity contribution is 7.90. The first-order chi connectivity index (χ1) is 16.8. The molecule has 1 heterocycles. The summed E-state index contributed by atoms with van der Waals surface area (Å²) in [5, 5.41) is 3.11. The molecule has 36 heavy (non-hydrogen) atoms. The van der Waals surface area contributed by atoms with Crippen molar-refractivity contribution in [2.24, 2.45) is 5.92 Å². The predicted octanol–water partition coefficient (Wildman–Crippen LogP) is 5.32. The highest BCUT2D eigenvalue weighted by Gasteiger charge is 2.29. The Morgan fingerprint density at radius 2 is 1.75 bits per heavy atom. The largest absolute Gasteiger partial charge is 0.357 e. The smallest absolute Gasteiger partial charge is 0.253 e. The average molecular weight is 537 g/mol. The summed E-state index contributed by atoms with van der Waals surface area (Å²) in [7, 11) is -3.42. The molecule has 0 radical (unpaired) electrons. The quantitative estimate of drug-likeness (QED) is 0.362. The Kier molecular flexibility index (Phi) is 8.36. The van der Waals surface area contributed by atoms with Crippen molar-refractivity contribution in [3.8, 4) is 11.1 Å². The van der Waals surface area contributed by atoms with Crippen LogP contribution in [0.25, 0.3) is 11.1 Å². The fourth-order valence-electron chi connectivity index (χ4n) is 4.02. The van der Waals surface area contributed by atoms with Crippen LogP contribution in [0.2, 0.25) is 5.02 Å². The lowest BCUT2D eigenvalue weighted by molar-refractivity contribution is 0.0934. The minimum absolute atomic E-state index is 0.00900. The van der Waals surface area contributed by atoms with Gasteiger partial charge in [0.2, 0.25) is 0 Å². The molecule has 192 valence electrons. The number of hydrogen-bond acceptors (Lipinski definition) is 4. The summed E-state index contributed by atoms with van der Waals surface area (Å²) in [5.74, 6) is -3.85. The minimum Gasteiger partial charge on any atom is -0.357 e. The van der Waals surface area contributed by atoms with Crippen LogP contribution in [0.15, 0.2) is 42.6 Å². The fourth-order valence-corrected chi connectivity index (χ4v) is 5.26. The van der Waals surface area contributed by atoms with Crippen molar-refractivity contribution < 1.29 is 26.8 Å². The Balaban J connectivity index is 2.03. The van der Waals surface area contributed by atoms with Gasteiger partial charge in [0.15, 0.2) is 5.78 Å². The van der Waals surface area contributed by atoms with E-state index < -0.39 is 39.2 Å². The first-order valence-corrected chi connectivity index (χ1v) is 13.7. The van der Waals surface area contributed by atoms with E-state index in [1.54, 1.807) is 38.1 Å². The lowest BCUT2D eigenvalue weighted by atomic mass is 9.92. The second kappa shape index (κ2) is 10.9. The van der Waals surface area contributed by atoms with Gasteiger partial charge in [0.1, 0.15) is 21.5 Å². The second-order valence-electron chi connectivity index (χ2n) is 9.05. The van der Waals surface area contributed by atoms with E-state index in [1.807, 2.05) is 0 Å². The van der Waals surface area contributed by atoms with Crippen LogP contribution in [-0.4, -0.2) is 43.6 Å². The van der Waals surface area contributed by atoms with Crippen LogP contribution in [0.4, 0.5) is 8.78 Å². The molecular formula is C26H27ClF2N2O4S. The molecule has 0 unspecified atom stereocenters. The van der Waals surface area contributed by atoms with Crippen LogP contribution < -0.4 is 5.32 Å². The SMILES string of the molecule is Cc1c(F)ccc(F)c1-c1c(C(=O)NC[C@@H](CS(C)(=O)=O)c2cccc(Cl)c2)c[nH]c1C(=O)C(C)C. The number of hydrogen-bond donors (Lipinski definition) is 2. The van der Waals surface area contributed by atoms with Crippen LogP contribution >= 0.6 is 11.6 Å². The van der Waals surface area contributed by atoms with Crippen molar-refractivity contribution in [2.45, 2.75) is 26.7 Å². The second-order valence-corrected chi connectivity index (χ2v) is 11.7. The van der Waals surface area contributed by atoms with Crippen molar-refractivity contribution in [2.75, 3.05) is 18.6 Å². The number of carbonyl (C=O) groups excluding carboxylic acids is 2. The molecule has 3 rings (SSSR count).